The Morgan fingerprint density at radius 1 is 0.905 bits per heavy atom. The number of carbonyl (C=O) groups is 1. The summed E-state index contributed by atoms with van der Waals surface area (Å²) >= 11 is 0. The Kier molecular flexibility index (Phi) is 9.04. The highest BCUT2D eigenvalue weighted by atomic mass is 16.1. The maximum absolute atomic E-state index is 11.0. The van der Waals surface area contributed by atoms with Gasteiger partial charge in [0.25, 0.3) is 0 Å². The summed E-state index contributed by atoms with van der Waals surface area (Å²) in [4.78, 5) is 11.0. The highest BCUT2D eigenvalue weighted by Crippen LogP contribution is 2.13. The molecule has 0 atom stereocenters. The third-order valence-electron chi connectivity index (χ3n) is 4.28. The fraction of sp³-hybridized carbons (Fsp3) is 0.778. The van der Waals surface area contributed by atoms with Gasteiger partial charge < -0.3 is 0 Å². The molecule has 0 unspecified atom stereocenters. The summed E-state index contributed by atoms with van der Waals surface area (Å²) in [5, 5.41) is 4.44. The zero-order chi connectivity index (χ0) is 15.5. The minimum atomic E-state index is 0.766. The summed E-state index contributed by atoms with van der Waals surface area (Å²) in [5.41, 5.74) is 2.63. The average Bonchev–Trinajstić information content (AvgIpc) is 2.75. The van der Waals surface area contributed by atoms with E-state index in [0.29, 0.717) is 0 Å². The molecule has 120 valence electrons. The Morgan fingerprint density at radius 2 is 1.43 bits per heavy atom. The van der Waals surface area contributed by atoms with E-state index in [0.717, 1.165) is 36.2 Å². The van der Waals surface area contributed by atoms with Crippen LogP contribution >= 0.6 is 0 Å². The molecule has 0 spiro atoms. The molecular weight excluding hydrogens is 260 g/mol. The van der Waals surface area contributed by atoms with Crippen molar-refractivity contribution in [1.82, 2.24) is 9.78 Å². The van der Waals surface area contributed by atoms with Crippen LogP contribution in [0.25, 0.3) is 0 Å². The monoisotopic (exact) mass is 292 g/mol. The summed E-state index contributed by atoms with van der Waals surface area (Å²) in [6, 6.07) is 0. The van der Waals surface area contributed by atoms with Gasteiger partial charge in [0.15, 0.2) is 6.29 Å². The van der Waals surface area contributed by atoms with Crippen molar-refractivity contribution in [3.05, 3.63) is 17.0 Å². The van der Waals surface area contributed by atoms with Gasteiger partial charge in [0.05, 0.1) is 11.3 Å². The van der Waals surface area contributed by atoms with Crippen LogP contribution in [0.3, 0.4) is 0 Å². The van der Waals surface area contributed by atoms with Crippen molar-refractivity contribution in [1.29, 1.82) is 0 Å². The summed E-state index contributed by atoms with van der Waals surface area (Å²) in [7, 11) is 0. The van der Waals surface area contributed by atoms with E-state index in [1.54, 1.807) is 0 Å². The van der Waals surface area contributed by atoms with Gasteiger partial charge in [-0.25, -0.2) is 0 Å². The lowest BCUT2D eigenvalue weighted by Gasteiger charge is -2.05. The second kappa shape index (κ2) is 10.6. The molecule has 3 heteroatoms. The van der Waals surface area contributed by atoms with E-state index in [-0.39, 0.29) is 0 Å². The first-order valence-electron chi connectivity index (χ1n) is 8.69. The zero-order valence-electron chi connectivity index (χ0n) is 14.2. The number of nitrogens with zero attached hydrogens (tertiary/aromatic N) is 2. The second-order valence-corrected chi connectivity index (χ2v) is 6.11. The maximum Gasteiger partial charge on any atom is 0.153 e. The highest BCUT2D eigenvalue weighted by molar-refractivity contribution is 5.77. The fourth-order valence-corrected chi connectivity index (χ4v) is 2.85. The van der Waals surface area contributed by atoms with Crippen molar-refractivity contribution in [2.24, 2.45) is 0 Å². The van der Waals surface area contributed by atoms with E-state index in [9.17, 15) is 4.79 Å². The topological polar surface area (TPSA) is 34.9 Å². The Hall–Kier alpha value is -1.12. The van der Waals surface area contributed by atoms with Crippen LogP contribution in [-0.2, 0) is 6.54 Å². The predicted molar refractivity (Wildman–Crippen MR) is 88.9 cm³/mol. The SMILES string of the molecule is CCCCCCCCCCCCn1nc(C)c(C=O)c1C. The van der Waals surface area contributed by atoms with Gasteiger partial charge >= 0.3 is 0 Å². The summed E-state index contributed by atoms with van der Waals surface area (Å²) in [6.45, 7) is 7.10. The van der Waals surface area contributed by atoms with E-state index in [1.807, 2.05) is 18.5 Å². The minimum Gasteiger partial charge on any atom is -0.298 e. The largest absolute Gasteiger partial charge is 0.298 e. The number of rotatable bonds is 12. The van der Waals surface area contributed by atoms with Crippen LogP contribution in [0.1, 0.15) is 92.9 Å². The van der Waals surface area contributed by atoms with Gasteiger partial charge in [-0.1, -0.05) is 64.7 Å². The fourth-order valence-electron chi connectivity index (χ4n) is 2.85. The van der Waals surface area contributed by atoms with Crippen molar-refractivity contribution in [3.8, 4) is 0 Å². The van der Waals surface area contributed by atoms with Crippen LogP contribution in [0.4, 0.5) is 0 Å². The van der Waals surface area contributed by atoms with Crippen LogP contribution in [0.5, 0.6) is 0 Å². The van der Waals surface area contributed by atoms with Crippen LogP contribution in [0, 0.1) is 13.8 Å². The number of hydrogen-bond donors (Lipinski definition) is 0. The number of aromatic nitrogens is 2. The third kappa shape index (κ3) is 6.45. The maximum atomic E-state index is 11.0. The molecule has 0 fully saturated rings. The number of carbonyl (C=O) groups excluding carboxylic acids is 1. The van der Waals surface area contributed by atoms with E-state index in [4.69, 9.17) is 0 Å². The molecule has 0 N–H and O–H groups in total. The van der Waals surface area contributed by atoms with Crippen LogP contribution in [0.2, 0.25) is 0 Å². The first-order chi connectivity index (χ1) is 10.2. The average molecular weight is 292 g/mol. The molecule has 0 amide bonds. The molecule has 21 heavy (non-hydrogen) atoms. The number of unbranched alkanes of at least 4 members (excludes halogenated alkanes) is 9. The number of aldehydes is 1. The minimum absolute atomic E-state index is 0.766. The van der Waals surface area contributed by atoms with Gasteiger partial charge in [0.2, 0.25) is 0 Å². The molecule has 1 aromatic heterocycles. The molecule has 0 saturated heterocycles. The second-order valence-electron chi connectivity index (χ2n) is 6.11. The number of aryl methyl sites for hydroxylation is 2. The van der Waals surface area contributed by atoms with Crippen LogP contribution in [-0.4, -0.2) is 16.1 Å². The van der Waals surface area contributed by atoms with Gasteiger partial charge in [-0.2, -0.15) is 5.10 Å². The Labute approximate surface area is 130 Å². The van der Waals surface area contributed by atoms with Gasteiger partial charge in [-0.05, 0) is 20.3 Å². The van der Waals surface area contributed by atoms with Gasteiger partial charge in [-0.3, -0.25) is 9.48 Å². The van der Waals surface area contributed by atoms with Crippen molar-refractivity contribution in [2.45, 2.75) is 91.5 Å². The molecular formula is C18H32N2O. The van der Waals surface area contributed by atoms with Crippen molar-refractivity contribution < 1.29 is 4.79 Å². The molecule has 1 rings (SSSR count). The first kappa shape index (κ1) is 17.9. The Morgan fingerprint density at radius 3 is 1.90 bits per heavy atom. The quantitative estimate of drug-likeness (QED) is 0.390. The molecule has 1 aromatic rings. The normalized spacial score (nSPS) is 11.0. The van der Waals surface area contributed by atoms with E-state index in [1.165, 1.54) is 57.8 Å². The van der Waals surface area contributed by atoms with Gasteiger partial charge in [0.1, 0.15) is 0 Å². The molecule has 0 saturated carbocycles. The lowest BCUT2D eigenvalue weighted by atomic mass is 10.1. The molecule has 0 aliphatic carbocycles. The molecule has 0 bridgehead atoms. The van der Waals surface area contributed by atoms with E-state index in [2.05, 4.69) is 12.0 Å². The lowest BCUT2D eigenvalue weighted by molar-refractivity contribution is 0.112. The van der Waals surface area contributed by atoms with E-state index < -0.39 is 0 Å². The highest BCUT2D eigenvalue weighted by Gasteiger charge is 2.09. The van der Waals surface area contributed by atoms with Crippen molar-refractivity contribution >= 4 is 6.29 Å². The zero-order valence-corrected chi connectivity index (χ0v) is 14.2. The molecule has 1 heterocycles. The smallest absolute Gasteiger partial charge is 0.153 e. The third-order valence-corrected chi connectivity index (χ3v) is 4.28. The molecule has 0 aliphatic heterocycles. The standard InChI is InChI=1S/C18H32N2O/c1-4-5-6-7-8-9-10-11-12-13-14-20-17(3)18(15-21)16(2)19-20/h15H,4-14H2,1-3H3. The molecule has 0 aliphatic rings. The summed E-state index contributed by atoms with van der Waals surface area (Å²) in [6.07, 6.45) is 14.4. The lowest BCUT2D eigenvalue weighted by Crippen LogP contribution is -2.03. The first-order valence-corrected chi connectivity index (χ1v) is 8.69. The van der Waals surface area contributed by atoms with E-state index >= 15 is 0 Å². The summed E-state index contributed by atoms with van der Waals surface area (Å²) < 4.78 is 1.99. The molecule has 0 aromatic carbocycles. The molecule has 3 nitrogen and oxygen atoms in total. The summed E-state index contributed by atoms with van der Waals surface area (Å²) in [5.74, 6) is 0. The Balaban J connectivity index is 2.06. The van der Waals surface area contributed by atoms with Crippen LogP contribution < -0.4 is 0 Å². The number of hydrogen-bond acceptors (Lipinski definition) is 2. The van der Waals surface area contributed by atoms with Crippen LogP contribution in [0.15, 0.2) is 0 Å². The van der Waals surface area contributed by atoms with Crippen molar-refractivity contribution in [3.63, 3.8) is 0 Å². The Bertz CT molecular complexity index is 410. The van der Waals surface area contributed by atoms with Gasteiger partial charge in [0, 0.05) is 12.2 Å². The molecule has 0 radical (unpaired) electrons. The predicted octanol–water partition coefficient (Wildman–Crippen LogP) is 5.23. The van der Waals surface area contributed by atoms with Gasteiger partial charge in [-0.15, -0.1) is 0 Å². The van der Waals surface area contributed by atoms with Crippen molar-refractivity contribution in [2.75, 3.05) is 0 Å².